The second-order valence-electron chi connectivity index (χ2n) is 3.64. The molecule has 0 aliphatic carbocycles. The summed E-state index contributed by atoms with van der Waals surface area (Å²) in [4.78, 5) is 9.67. The fourth-order valence-electron chi connectivity index (χ4n) is 1.69. The van der Waals surface area contributed by atoms with Crippen LogP contribution in [0, 0.1) is 26.5 Å². The van der Waals surface area contributed by atoms with Crippen molar-refractivity contribution in [3.63, 3.8) is 0 Å². The van der Waals surface area contributed by atoms with Crippen LogP contribution in [0.25, 0.3) is 11.4 Å². The number of nitro benzene ring substituents is 1. The number of H-pyrrole nitrogens is 1. The van der Waals surface area contributed by atoms with Gasteiger partial charge in [0.15, 0.2) is 10.6 Å². The van der Waals surface area contributed by atoms with Gasteiger partial charge in [-0.25, -0.2) is 4.39 Å². The van der Waals surface area contributed by atoms with Gasteiger partial charge >= 0.3 is 5.69 Å². The SMILES string of the molecule is CCn1c(-c2cc(F)cc([N+](=O)[O-])c2F)n[nH]c1=S. The van der Waals surface area contributed by atoms with Gasteiger partial charge in [-0.2, -0.15) is 9.49 Å². The Hall–Kier alpha value is -2.16. The summed E-state index contributed by atoms with van der Waals surface area (Å²) in [5, 5.41) is 16.9. The van der Waals surface area contributed by atoms with Gasteiger partial charge in [0.2, 0.25) is 5.82 Å². The topological polar surface area (TPSA) is 76.8 Å². The zero-order valence-electron chi connectivity index (χ0n) is 9.68. The van der Waals surface area contributed by atoms with E-state index < -0.39 is 22.2 Å². The van der Waals surface area contributed by atoms with Gasteiger partial charge in [0.05, 0.1) is 16.6 Å². The zero-order valence-corrected chi connectivity index (χ0v) is 10.5. The first-order valence-corrected chi connectivity index (χ1v) is 5.65. The molecule has 0 atom stereocenters. The summed E-state index contributed by atoms with van der Waals surface area (Å²) in [6.45, 7) is 2.11. The van der Waals surface area contributed by atoms with Crippen LogP contribution in [0.15, 0.2) is 12.1 Å². The van der Waals surface area contributed by atoms with Gasteiger partial charge in [-0.1, -0.05) is 0 Å². The highest BCUT2D eigenvalue weighted by atomic mass is 32.1. The largest absolute Gasteiger partial charge is 0.308 e. The normalized spacial score (nSPS) is 10.7. The van der Waals surface area contributed by atoms with Gasteiger partial charge < -0.3 is 4.57 Å². The highest BCUT2D eigenvalue weighted by Crippen LogP contribution is 2.29. The number of halogens is 2. The molecular formula is C10H8F2N4O2S. The number of hydrogen-bond acceptors (Lipinski definition) is 4. The monoisotopic (exact) mass is 286 g/mol. The van der Waals surface area contributed by atoms with Crippen LogP contribution in [0.1, 0.15) is 6.92 Å². The molecule has 1 aromatic heterocycles. The van der Waals surface area contributed by atoms with Crippen LogP contribution in [0.3, 0.4) is 0 Å². The molecule has 2 aromatic rings. The van der Waals surface area contributed by atoms with Crippen LogP contribution < -0.4 is 0 Å². The van der Waals surface area contributed by atoms with Crippen molar-refractivity contribution in [3.05, 3.63) is 38.7 Å². The van der Waals surface area contributed by atoms with Crippen LogP contribution in [-0.2, 0) is 6.54 Å². The second kappa shape index (κ2) is 4.84. The van der Waals surface area contributed by atoms with Gasteiger partial charge in [0, 0.05) is 6.54 Å². The lowest BCUT2D eigenvalue weighted by Crippen LogP contribution is -2.02. The first-order valence-electron chi connectivity index (χ1n) is 5.24. The van der Waals surface area contributed by atoms with Crippen molar-refractivity contribution in [3.8, 4) is 11.4 Å². The average Bonchev–Trinajstić information content (AvgIpc) is 2.72. The molecule has 1 aromatic carbocycles. The van der Waals surface area contributed by atoms with E-state index in [1.807, 2.05) is 0 Å². The molecule has 2 rings (SSSR count). The Morgan fingerprint density at radius 1 is 1.53 bits per heavy atom. The highest BCUT2D eigenvalue weighted by molar-refractivity contribution is 7.71. The third-order valence-corrected chi connectivity index (χ3v) is 2.84. The Morgan fingerprint density at radius 2 is 2.21 bits per heavy atom. The number of benzene rings is 1. The molecule has 0 aliphatic rings. The summed E-state index contributed by atoms with van der Waals surface area (Å²) in [5.41, 5.74) is -1.24. The molecule has 1 N–H and O–H groups in total. The Morgan fingerprint density at radius 3 is 2.79 bits per heavy atom. The molecule has 100 valence electrons. The van der Waals surface area contributed by atoms with Gasteiger partial charge in [0.25, 0.3) is 0 Å². The lowest BCUT2D eigenvalue weighted by molar-refractivity contribution is -0.387. The average molecular weight is 286 g/mol. The lowest BCUT2D eigenvalue weighted by atomic mass is 10.1. The predicted molar refractivity (Wildman–Crippen MR) is 65.1 cm³/mol. The molecule has 1 heterocycles. The van der Waals surface area contributed by atoms with Gasteiger partial charge in [-0.05, 0) is 25.2 Å². The predicted octanol–water partition coefficient (Wildman–Crippen LogP) is 2.81. The molecule has 0 unspecified atom stereocenters. The van der Waals surface area contributed by atoms with Crippen LogP contribution in [-0.4, -0.2) is 19.7 Å². The van der Waals surface area contributed by atoms with Crippen molar-refractivity contribution < 1.29 is 13.7 Å². The van der Waals surface area contributed by atoms with Gasteiger partial charge in [-0.15, -0.1) is 0 Å². The summed E-state index contributed by atoms with van der Waals surface area (Å²) in [7, 11) is 0. The Kier molecular flexibility index (Phi) is 3.38. The molecule has 0 spiro atoms. The maximum Gasteiger partial charge on any atom is 0.308 e. The quantitative estimate of drug-likeness (QED) is 0.534. The van der Waals surface area contributed by atoms with E-state index in [0.717, 1.165) is 6.07 Å². The first-order chi connectivity index (χ1) is 8.95. The van der Waals surface area contributed by atoms with E-state index in [1.165, 1.54) is 4.57 Å². The van der Waals surface area contributed by atoms with E-state index in [-0.39, 0.29) is 16.2 Å². The van der Waals surface area contributed by atoms with Crippen molar-refractivity contribution >= 4 is 17.9 Å². The van der Waals surface area contributed by atoms with Gasteiger partial charge in [0.1, 0.15) is 5.82 Å². The second-order valence-corrected chi connectivity index (χ2v) is 4.03. The molecule has 0 saturated heterocycles. The molecule has 0 fully saturated rings. The number of nitrogens with zero attached hydrogens (tertiary/aromatic N) is 3. The summed E-state index contributed by atoms with van der Waals surface area (Å²) in [6.07, 6.45) is 0. The lowest BCUT2D eigenvalue weighted by Gasteiger charge is -2.05. The smallest absolute Gasteiger partial charge is 0.300 e. The van der Waals surface area contributed by atoms with E-state index >= 15 is 0 Å². The summed E-state index contributed by atoms with van der Waals surface area (Å²) < 4.78 is 29.0. The summed E-state index contributed by atoms with van der Waals surface area (Å²) >= 11 is 4.93. The standard InChI is InChI=1S/C10H8F2N4O2S/c1-2-15-9(13-14-10(15)19)6-3-5(11)4-7(8(6)12)16(17)18/h3-4H,2H2,1H3,(H,14,19). The number of nitro groups is 1. The number of aromatic amines is 1. The van der Waals surface area contributed by atoms with E-state index in [9.17, 15) is 18.9 Å². The van der Waals surface area contributed by atoms with Crippen molar-refractivity contribution in [2.24, 2.45) is 0 Å². The van der Waals surface area contributed by atoms with Crippen LogP contribution in [0.2, 0.25) is 0 Å². The van der Waals surface area contributed by atoms with Crippen LogP contribution in [0.5, 0.6) is 0 Å². The maximum atomic E-state index is 14.0. The molecule has 0 radical (unpaired) electrons. The third-order valence-electron chi connectivity index (χ3n) is 2.53. The minimum absolute atomic E-state index is 0.0209. The van der Waals surface area contributed by atoms with Crippen molar-refractivity contribution in [2.45, 2.75) is 13.5 Å². The number of aromatic nitrogens is 3. The van der Waals surface area contributed by atoms with Crippen molar-refractivity contribution in [1.29, 1.82) is 0 Å². The van der Waals surface area contributed by atoms with Crippen LogP contribution in [0.4, 0.5) is 14.5 Å². The van der Waals surface area contributed by atoms with Gasteiger partial charge in [-0.3, -0.25) is 15.2 Å². The van der Waals surface area contributed by atoms with Crippen LogP contribution >= 0.6 is 12.2 Å². The van der Waals surface area contributed by atoms with E-state index in [1.54, 1.807) is 6.92 Å². The molecule has 19 heavy (non-hydrogen) atoms. The van der Waals surface area contributed by atoms with E-state index in [0.29, 0.717) is 12.6 Å². The number of nitrogens with one attached hydrogen (secondary N) is 1. The Balaban J connectivity index is 2.75. The first kappa shape index (κ1) is 13.3. The fraction of sp³-hybridized carbons (Fsp3) is 0.200. The van der Waals surface area contributed by atoms with Crippen molar-refractivity contribution in [1.82, 2.24) is 14.8 Å². The fourth-order valence-corrected chi connectivity index (χ4v) is 1.95. The maximum absolute atomic E-state index is 14.0. The zero-order chi connectivity index (χ0) is 14.2. The molecular weight excluding hydrogens is 278 g/mol. The Bertz CT molecular complexity index is 710. The number of rotatable bonds is 3. The third kappa shape index (κ3) is 2.24. The Labute approximate surface area is 110 Å². The minimum Gasteiger partial charge on any atom is -0.300 e. The molecule has 9 heteroatoms. The molecule has 0 aliphatic heterocycles. The summed E-state index contributed by atoms with van der Waals surface area (Å²) in [6, 6.07) is 1.37. The highest BCUT2D eigenvalue weighted by Gasteiger charge is 2.23. The number of hydrogen-bond donors (Lipinski definition) is 1. The molecule has 0 saturated carbocycles. The van der Waals surface area contributed by atoms with E-state index in [4.69, 9.17) is 12.2 Å². The molecule has 6 nitrogen and oxygen atoms in total. The molecule has 0 bridgehead atoms. The minimum atomic E-state index is -1.14. The van der Waals surface area contributed by atoms with E-state index in [2.05, 4.69) is 10.2 Å². The summed E-state index contributed by atoms with van der Waals surface area (Å²) in [5.74, 6) is -2.04. The molecule has 0 amide bonds. The van der Waals surface area contributed by atoms with Crippen molar-refractivity contribution in [2.75, 3.05) is 0 Å².